The molecule has 0 spiro atoms. The van der Waals surface area contributed by atoms with Crippen LogP contribution in [0.2, 0.25) is 0 Å². The fourth-order valence-electron chi connectivity index (χ4n) is 4.98. The van der Waals surface area contributed by atoms with Crippen LogP contribution in [0, 0.1) is 0 Å². The molecule has 1 fully saturated rings. The quantitative estimate of drug-likeness (QED) is 0.479. The van der Waals surface area contributed by atoms with E-state index >= 15 is 0 Å². The molecule has 0 radical (unpaired) electrons. The van der Waals surface area contributed by atoms with E-state index in [1.807, 2.05) is 53.6 Å². The summed E-state index contributed by atoms with van der Waals surface area (Å²) in [5.74, 6) is -0.881. The van der Waals surface area contributed by atoms with Gasteiger partial charge in [0, 0.05) is 43.8 Å². The molecule has 0 unspecified atom stereocenters. The minimum atomic E-state index is -0.628. The standard InChI is InChI=1S/C25H22N6O3/c1-29-12-26-18-6-4-15(10-20(18)29)23-22(27-13-30(23)2)14-3-5-17-16(9-14)11-31(25(17)34)19-7-8-21(32)28-24(19)33/h3-6,9-10,12-13,19H,7-8,11H2,1-2H3,(H,28,32,33)/t19-/m0/s1. The monoisotopic (exact) mass is 454 g/mol. The third-order valence-electron chi connectivity index (χ3n) is 6.73. The molecular formula is C25H22N6O3. The number of fused-ring (bicyclic) bond motifs is 2. The Kier molecular flexibility index (Phi) is 4.41. The Morgan fingerprint density at radius 3 is 2.56 bits per heavy atom. The average Bonchev–Trinajstić information content (AvgIpc) is 3.49. The summed E-state index contributed by atoms with van der Waals surface area (Å²) >= 11 is 0. The number of benzene rings is 2. The maximum atomic E-state index is 13.0. The number of aromatic nitrogens is 4. The number of imide groups is 1. The summed E-state index contributed by atoms with van der Waals surface area (Å²) in [6, 6.07) is 11.2. The summed E-state index contributed by atoms with van der Waals surface area (Å²) in [6.45, 7) is 0.331. The molecule has 1 atom stereocenters. The number of amides is 3. The van der Waals surface area contributed by atoms with E-state index in [-0.39, 0.29) is 18.2 Å². The van der Waals surface area contributed by atoms with Crippen LogP contribution in [0.3, 0.4) is 0 Å². The van der Waals surface area contributed by atoms with Gasteiger partial charge in [-0.05, 0) is 36.2 Å². The number of rotatable bonds is 3. The summed E-state index contributed by atoms with van der Waals surface area (Å²) in [7, 11) is 3.93. The summed E-state index contributed by atoms with van der Waals surface area (Å²) in [5.41, 5.74) is 7.11. The largest absolute Gasteiger partial charge is 0.334 e. The van der Waals surface area contributed by atoms with E-state index in [4.69, 9.17) is 0 Å². The second kappa shape index (κ2) is 7.38. The van der Waals surface area contributed by atoms with Crippen molar-refractivity contribution in [3.63, 3.8) is 0 Å². The number of carbonyl (C=O) groups is 3. The summed E-state index contributed by atoms with van der Waals surface area (Å²) in [4.78, 5) is 47.5. The molecule has 2 aromatic carbocycles. The van der Waals surface area contributed by atoms with Crippen LogP contribution in [-0.2, 0) is 30.2 Å². The van der Waals surface area contributed by atoms with Crippen molar-refractivity contribution >= 4 is 28.8 Å². The van der Waals surface area contributed by atoms with Crippen molar-refractivity contribution in [1.29, 1.82) is 0 Å². The molecule has 2 aliphatic rings. The van der Waals surface area contributed by atoms with Gasteiger partial charge in [-0.1, -0.05) is 12.1 Å². The summed E-state index contributed by atoms with van der Waals surface area (Å²) in [6.07, 6.45) is 4.16. The van der Waals surface area contributed by atoms with E-state index in [2.05, 4.69) is 21.4 Å². The molecule has 4 heterocycles. The Morgan fingerprint density at radius 1 is 0.941 bits per heavy atom. The van der Waals surface area contributed by atoms with E-state index in [1.165, 1.54) is 0 Å². The first-order valence-electron chi connectivity index (χ1n) is 11.1. The van der Waals surface area contributed by atoms with Gasteiger partial charge in [0.25, 0.3) is 5.91 Å². The smallest absolute Gasteiger partial charge is 0.255 e. The molecule has 1 N–H and O–H groups in total. The van der Waals surface area contributed by atoms with Crippen LogP contribution in [-0.4, -0.2) is 47.8 Å². The molecule has 9 heteroatoms. The van der Waals surface area contributed by atoms with E-state index in [1.54, 1.807) is 17.6 Å². The van der Waals surface area contributed by atoms with Crippen LogP contribution in [0.5, 0.6) is 0 Å². The van der Waals surface area contributed by atoms with Crippen molar-refractivity contribution in [2.75, 3.05) is 0 Å². The highest BCUT2D eigenvalue weighted by Gasteiger charge is 2.39. The van der Waals surface area contributed by atoms with Gasteiger partial charge in [0.1, 0.15) is 6.04 Å². The average molecular weight is 454 g/mol. The number of carbonyl (C=O) groups excluding carboxylic acids is 3. The van der Waals surface area contributed by atoms with Crippen LogP contribution in [0.15, 0.2) is 49.1 Å². The molecule has 3 amide bonds. The molecule has 170 valence electrons. The van der Waals surface area contributed by atoms with E-state index in [0.29, 0.717) is 18.5 Å². The Hall–Kier alpha value is -4.27. The van der Waals surface area contributed by atoms with Gasteiger partial charge < -0.3 is 14.0 Å². The lowest BCUT2D eigenvalue weighted by Crippen LogP contribution is -2.52. The highest BCUT2D eigenvalue weighted by atomic mass is 16.2. The number of imidazole rings is 2. The lowest BCUT2D eigenvalue weighted by atomic mass is 10.0. The fraction of sp³-hybridized carbons (Fsp3) is 0.240. The van der Waals surface area contributed by atoms with Gasteiger partial charge >= 0.3 is 0 Å². The minimum absolute atomic E-state index is 0.182. The van der Waals surface area contributed by atoms with Gasteiger partial charge in [-0.2, -0.15) is 0 Å². The van der Waals surface area contributed by atoms with E-state index in [0.717, 1.165) is 39.1 Å². The highest BCUT2D eigenvalue weighted by Crippen LogP contribution is 2.35. The zero-order valence-electron chi connectivity index (χ0n) is 18.8. The maximum absolute atomic E-state index is 13.0. The molecule has 34 heavy (non-hydrogen) atoms. The Morgan fingerprint density at radius 2 is 1.74 bits per heavy atom. The molecule has 2 aliphatic heterocycles. The van der Waals surface area contributed by atoms with E-state index < -0.39 is 11.9 Å². The number of aryl methyl sites for hydroxylation is 2. The number of nitrogens with one attached hydrogen (secondary N) is 1. The zero-order chi connectivity index (χ0) is 23.6. The molecule has 1 saturated heterocycles. The minimum Gasteiger partial charge on any atom is -0.334 e. The Bertz CT molecular complexity index is 1510. The predicted octanol–water partition coefficient (Wildman–Crippen LogP) is 2.40. The summed E-state index contributed by atoms with van der Waals surface area (Å²) < 4.78 is 3.97. The molecule has 0 saturated carbocycles. The number of piperidine rings is 1. The van der Waals surface area contributed by atoms with Crippen molar-refractivity contribution in [1.82, 2.24) is 29.3 Å². The van der Waals surface area contributed by atoms with Crippen molar-refractivity contribution < 1.29 is 14.4 Å². The van der Waals surface area contributed by atoms with Crippen molar-refractivity contribution in [2.24, 2.45) is 14.1 Å². The third kappa shape index (κ3) is 3.04. The van der Waals surface area contributed by atoms with Crippen molar-refractivity contribution in [3.8, 4) is 22.5 Å². The third-order valence-corrected chi connectivity index (χ3v) is 6.73. The molecule has 4 aromatic rings. The molecule has 2 aromatic heterocycles. The van der Waals surface area contributed by atoms with Crippen LogP contribution >= 0.6 is 0 Å². The lowest BCUT2D eigenvalue weighted by Gasteiger charge is -2.29. The van der Waals surface area contributed by atoms with Crippen LogP contribution in [0.1, 0.15) is 28.8 Å². The van der Waals surface area contributed by atoms with Crippen LogP contribution < -0.4 is 5.32 Å². The number of hydrogen-bond acceptors (Lipinski definition) is 5. The Labute approximate surface area is 195 Å². The number of hydrogen-bond donors (Lipinski definition) is 1. The zero-order valence-corrected chi connectivity index (χ0v) is 18.8. The normalized spacial score (nSPS) is 18.0. The second-order valence-electron chi connectivity index (χ2n) is 8.88. The van der Waals surface area contributed by atoms with Crippen LogP contribution in [0.4, 0.5) is 0 Å². The first-order valence-corrected chi connectivity index (χ1v) is 11.1. The second-order valence-corrected chi connectivity index (χ2v) is 8.88. The van der Waals surface area contributed by atoms with Crippen molar-refractivity contribution in [2.45, 2.75) is 25.4 Å². The van der Waals surface area contributed by atoms with Gasteiger partial charge in [-0.25, -0.2) is 9.97 Å². The van der Waals surface area contributed by atoms with Gasteiger partial charge in [-0.3, -0.25) is 19.7 Å². The van der Waals surface area contributed by atoms with Crippen LogP contribution in [0.25, 0.3) is 33.5 Å². The molecule has 9 nitrogen and oxygen atoms in total. The summed E-state index contributed by atoms with van der Waals surface area (Å²) in [5, 5.41) is 2.34. The Balaban J connectivity index is 1.37. The first-order chi connectivity index (χ1) is 16.4. The predicted molar refractivity (Wildman–Crippen MR) is 124 cm³/mol. The number of nitrogens with zero attached hydrogens (tertiary/aromatic N) is 5. The van der Waals surface area contributed by atoms with Gasteiger partial charge in [0.05, 0.1) is 35.1 Å². The lowest BCUT2D eigenvalue weighted by molar-refractivity contribution is -0.136. The SMILES string of the molecule is Cn1cnc(-c2ccc3c(c2)CN([C@H]2CCC(=O)NC2=O)C3=O)c1-c1ccc2ncn(C)c2c1. The van der Waals surface area contributed by atoms with E-state index in [9.17, 15) is 14.4 Å². The molecule has 6 rings (SSSR count). The van der Waals surface area contributed by atoms with Gasteiger partial charge in [0.15, 0.2) is 0 Å². The fourth-order valence-corrected chi connectivity index (χ4v) is 4.98. The van der Waals surface area contributed by atoms with Gasteiger partial charge in [-0.15, -0.1) is 0 Å². The van der Waals surface area contributed by atoms with Crippen molar-refractivity contribution in [3.05, 3.63) is 60.2 Å². The molecule has 0 bridgehead atoms. The molecular weight excluding hydrogens is 432 g/mol. The van der Waals surface area contributed by atoms with Gasteiger partial charge in [0.2, 0.25) is 11.8 Å². The topological polar surface area (TPSA) is 102 Å². The first kappa shape index (κ1) is 20.3. The highest BCUT2D eigenvalue weighted by molar-refractivity contribution is 6.05. The molecule has 0 aliphatic carbocycles. The maximum Gasteiger partial charge on any atom is 0.255 e.